The highest BCUT2D eigenvalue weighted by Gasteiger charge is 2.30. The van der Waals surface area contributed by atoms with Gasteiger partial charge in [0.05, 0.1) is 12.5 Å². The van der Waals surface area contributed by atoms with Crippen molar-refractivity contribution >= 4 is 23.2 Å². The van der Waals surface area contributed by atoms with Crippen LogP contribution >= 0.6 is 12.2 Å². The van der Waals surface area contributed by atoms with E-state index in [0.717, 1.165) is 11.3 Å². The van der Waals surface area contributed by atoms with Crippen molar-refractivity contribution in [1.29, 1.82) is 0 Å². The molecule has 0 spiro atoms. The van der Waals surface area contributed by atoms with E-state index in [4.69, 9.17) is 17.0 Å². The number of nitrogens with one attached hydrogen (secondary N) is 2. The molecule has 0 heterocycles. The van der Waals surface area contributed by atoms with E-state index in [1.54, 1.807) is 14.2 Å². The molecular weight excluding hydrogens is 248 g/mol. The number of benzene rings is 1. The maximum Gasteiger partial charge on any atom is 0.236 e. The van der Waals surface area contributed by atoms with Crippen molar-refractivity contribution in [1.82, 2.24) is 10.6 Å². The SMILES string of the molecule is CNC(=S)NC(=O)C(C)(C)c1ccc(OC)cc1. The molecule has 1 aromatic carbocycles. The van der Waals surface area contributed by atoms with Crippen LogP contribution in [0.2, 0.25) is 0 Å². The zero-order valence-electron chi connectivity index (χ0n) is 11.0. The van der Waals surface area contributed by atoms with Crippen molar-refractivity contribution < 1.29 is 9.53 Å². The molecule has 0 saturated carbocycles. The van der Waals surface area contributed by atoms with Crippen molar-refractivity contribution in [2.75, 3.05) is 14.2 Å². The average Bonchev–Trinajstić information content (AvgIpc) is 2.38. The summed E-state index contributed by atoms with van der Waals surface area (Å²) in [5.41, 5.74) is 0.243. The second kappa shape index (κ2) is 5.82. The Labute approximate surface area is 113 Å². The van der Waals surface area contributed by atoms with Gasteiger partial charge in [0.25, 0.3) is 0 Å². The minimum absolute atomic E-state index is 0.146. The number of hydrogen-bond donors (Lipinski definition) is 2. The van der Waals surface area contributed by atoms with Crippen LogP contribution in [0.15, 0.2) is 24.3 Å². The first-order valence-corrected chi connectivity index (χ1v) is 6.00. The maximum atomic E-state index is 12.1. The van der Waals surface area contributed by atoms with Crippen LogP contribution in [0.1, 0.15) is 19.4 Å². The fraction of sp³-hybridized carbons (Fsp3) is 0.385. The van der Waals surface area contributed by atoms with Gasteiger partial charge in [0.2, 0.25) is 5.91 Å². The highest BCUT2D eigenvalue weighted by Crippen LogP contribution is 2.25. The monoisotopic (exact) mass is 266 g/mol. The number of carbonyl (C=O) groups excluding carboxylic acids is 1. The molecule has 1 amide bonds. The number of amides is 1. The summed E-state index contributed by atoms with van der Waals surface area (Å²) in [6.45, 7) is 3.70. The van der Waals surface area contributed by atoms with Crippen LogP contribution in [0.25, 0.3) is 0 Å². The minimum Gasteiger partial charge on any atom is -0.497 e. The average molecular weight is 266 g/mol. The molecule has 0 aliphatic heterocycles. The Morgan fingerprint density at radius 2 is 1.83 bits per heavy atom. The van der Waals surface area contributed by atoms with Crippen molar-refractivity contribution in [3.63, 3.8) is 0 Å². The van der Waals surface area contributed by atoms with Gasteiger partial charge in [-0.3, -0.25) is 4.79 Å². The quantitative estimate of drug-likeness (QED) is 0.816. The number of carbonyl (C=O) groups is 1. The Hall–Kier alpha value is -1.62. The van der Waals surface area contributed by atoms with Crippen LogP contribution in [-0.4, -0.2) is 25.2 Å². The molecule has 98 valence electrons. The van der Waals surface area contributed by atoms with Gasteiger partial charge in [-0.05, 0) is 43.8 Å². The third-order valence-electron chi connectivity index (χ3n) is 2.83. The van der Waals surface area contributed by atoms with Gasteiger partial charge in [0, 0.05) is 7.05 Å². The number of thiocarbonyl (C=S) groups is 1. The number of ether oxygens (including phenoxy) is 1. The summed E-state index contributed by atoms with van der Waals surface area (Å²) in [6, 6.07) is 7.42. The molecule has 4 nitrogen and oxygen atoms in total. The molecule has 0 aliphatic carbocycles. The molecule has 5 heteroatoms. The summed E-state index contributed by atoms with van der Waals surface area (Å²) in [6.07, 6.45) is 0. The maximum absolute atomic E-state index is 12.1. The summed E-state index contributed by atoms with van der Waals surface area (Å²) < 4.78 is 5.09. The van der Waals surface area contributed by atoms with Gasteiger partial charge in [-0.15, -0.1) is 0 Å². The van der Waals surface area contributed by atoms with Crippen molar-refractivity contribution in [3.8, 4) is 5.75 Å². The molecule has 0 aliphatic rings. The predicted octanol–water partition coefficient (Wildman–Crippen LogP) is 1.59. The van der Waals surface area contributed by atoms with E-state index in [2.05, 4.69) is 10.6 Å². The second-order valence-corrected chi connectivity index (χ2v) is 4.79. The topological polar surface area (TPSA) is 50.4 Å². The Bertz CT molecular complexity index is 441. The van der Waals surface area contributed by atoms with Crippen molar-refractivity contribution in [3.05, 3.63) is 29.8 Å². The Morgan fingerprint density at radius 1 is 1.28 bits per heavy atom. The summed E-state index contributed by atoms with van der Waals surface area (Å²) >= 11 is 4.93. The minimum atomic E-state index is -0.660. The summed E-state index contributed by atoms with van der Waals surface area (Å²) in [4.78, 5) is 12.1. The van der Waals surface area contributed by atoms with Crippen LogP contribution in [-0.2, 0) is 10.2 Å². The first-order chi connectivity index (χ1) is 8.41. The Morgan fingerprint density at radius 3 is 2.28 bits per heavy atom. The zero-order valence-corrected chi connectivity index (χ0v) is 11.9. The van der Waals surface area contributed by atoms with E-state index >= 15 is 0 Å². The fourth-order valence-corrected chi connectivity index (χ4v) is 1.55. The lowest BCUT2D eigenvalue weighted by Gasteiger charge is -2.24. The van der Waals surface area contributed by atoms with Crippen LogP contribution in [0.5, 0.6) is 5.75 Å². The number of hydrogen-bond acceptors (Lipinski definition) is 3. The molecule has 0 unspecified atom stereocenters. The van der Waals surface area contributed by atoms with E-state index in [9.17, 15) is 4.79 Å². The number of rotatable bonds is 3. The van der Waals surface area contributed by atoms with Gasteiger partial charge < -0.3 is 15.4 Å². The smallest absolute Gasteiger partial charge is 0.236 e. The van der Waals surface area contributed by atoms with E-state index in [1.165, 1.54) is 0 Å². The van der Waals surface area contributed by atoms with Crippen molar-refractivity contribution in [2.24, 2.45) is 0 Å². The lowest BCUT2D eigenvalue weighted by Crippen LogP contribution is -2.46. The normalized spacial score (nSPS) is 10.7. The highest BCUT2D eigenvalue weighted by molar-refractivity contribution is 7.80. The largest absolute Gasteiger partial charge is 0.497 e. The van der Waals surface area contributed by atoms with Gasteiger partial charge in [-0.1, -0.05) is 12.1 Å². The Kier molecular flexibility index (Phi) is 4.67. The van der Waals surface area contributed by atoms with E-state index in [0.29, 0.717) is 5.11 Å². The van der Waals surface area contributed by atoms with Gasteiger partial charge >= 0.3 is 0 Å². The standard InChI is InChI=1S/C13H18N2O2S/c1-13(2,11(16)15-12(18)14-3)9-5-7-10(17-4)8-6-9/h5-8H,1-4H3,(H2,14,15,16,18). The molecule has 0 radical (unpaired) electrons. The van der Waals surface area contributed by atoms with Gasteiger partial charge in [-0.25, -0.2) is 0 Å². The zero-order chi connectivity index (χ0) is 13.8. The van der Waals surface area contributed by atoms with Crippen LogP contribution in [0.4, 0.5) is 0 Å². The highest BCUT2D eigenvalue weighted by atomic mass is 32.1. The molecule has 2 N–H and O–H groups in total. The molecule has 1 rings (SSSR count). The van der Waals surface area contributed by atoms with E-state index < -0.39 is 5.41 Å². The predicted molar refractivity (Wildman–Crippen MR) is 75.8 cm³/mol. The summed E-state index contributed by atoms with van der Waals surface area (Å²) in [5, 5.41) is 5.69. The van der Waals surface area contributed by atoms with Crippen molar-refractivity contribution in [2.45, 2.75) is 19.3 Å². The van der Waals surface area contributed by atoms with Crippen LogP contribution < -0.4 is 15.4 Å². The third-order valence-corrected chi connectivity index (χ3v) is 3.14. The van der Waals surface area contributed by atoms with Gasteiger partial charge in [0.1, 0.15) is 5.75 Å². The van der Waals surface area contributed by atoms with E-state index in [-0.39, 0.29) is 5.91 Å². The van der Waals surface area contributed by atoms with Crippen LogP contribution in [0.3, 0.4) is 0 Å². The molecule has 0 aromatic heterocycles. The molecule has 0 atom stereocenters. The molecule has 0 saturated heterocycles. The van der Waals surface area contributed by atoms with Gasteiger partial charge in [-0.2, -0.15) is 0 Å². The molecule has 1 aromatic rings. The summed E-state index contributed by atoms with van der Waals surface area (Å²) in [5.74, 6) is 0.618. The lowest BCUT2D eigenvalue weighted by atomic mass is 9.84. The second-order valence-electron chi connectivity index (χ2n) is 4.39. The number of methoxy groups -OCH3 is 1. The summed E-state index contributed by atoms with van der Waals surface area (Å²) in [7, 11) is 3.28. The van der Waals surface area contributed by atoms with E-state index in [1.807, 2.05) is 38.1 Å². The molecule has 0 fully saturated rings. The third kappa shape index (κ3) is 3.20. The molecule has 18 heavy (non-hydrogen) atoms. The first-order valence-electron chi connectivity index (χ1n) is 5.59. The molecule has 0 bridgehead atoms. The lowest BCUT2D eigenvalue weighted by molar-refractivity contribution is -0.124. The van der Waals surface area contributed by atoms with Gasteiger partial charge in [0.15, 0.2) is 5.11 Å². The molecular formula is C13H18N2O2S. The fourth-order valence-electron chi connectivity index (χ4n) is 1.46. The van der Waals surface area contributed by atoms with Crippen LogP contribution in [0, 0.1) is 0 Å². The first kappa shape index (κ1) is 14.4. The Balaban J connectivity index is 2.90.